The van der Waals surface area contributed by atoms with E-state index in [-0.39, 0.29) is 5.82 Å². The number of para-hydroxylation sites is 1. The van der Waals surface area contributed by atoms with Crippen molar-refractivity contribution >= 4 is 28.0 Å². The van der Waals surface area contributed by atoms with Crippen LogP contribution in [0.2, 0.25) is 0 Å². The highest BCUT2D eigenvalue weighted by Crippen LogP contribution is 2.28. The van der Waals surface area contributed by atoms with Crippen molar-refractivity contribution in [1.82, 2.24) is 9.55 Å². The summed E-state index contributed by atoms with van der Waals surface area (Å²) in [7, 11) is 0. The fourth-order valence-electron chi connectivity index (χ4n) is 3.34. The van der Waals surface area contributed by atoms with Crippen LogP contribution in [0, 0.1) is 5.82 Å². The summed E-state index contributed by atoms with van der Waals surface area (Å²) in [5.74, 6) is 0.528. The smallest absolute Gasteiger partial charge is 0.190 e. The molecule has 0 aliphatic heterocycles. The molecule has 0 aliphatic rings. The minimum absolute atomic E-state index is 0.272. The minimum atomic E-state index is -0.272. The second kappa shape index (κ2) is 8.08. The fourth-order valence-corrected chi connectivity index (χ4v) is 4.27. The van der Waals surface area contributed by atoms with E-state index in [1.165, 1.54) is 23.5 Å². The average Bonchev–Trinajstić information content (AvgIpc) is 3.38. The molecule has 0 radical (unpaired) electrons. The van der Waals surface area contributed by atoms with Crippen LogP contribution in [-0.2, 0) is 13.0 Å². The molecule has 0 fully saturated rings. The molecular weight excluding hydrogens is 397 g/mol. The standard InChI is InChI=1S/C24H18FN3OS/c25-18-8-10-20(11-9-18)27-24-28(14-12-19-6-3-4-13-26-19)21(16-30-24)23-15-17-5-1-2-7-22(17)29-23/h1-11,13,15-16H,12,14H2. The van der Waals surface area contributed by atoms with Crippen molar-refractivity contribution in [1.29, 1.82) is 0 Å². The van der Waals surface area contributed by atoms with E-state index in [2.05, 4.69) is 21.0 Å². The van der Waals surface area contributed by atoms with Gasteiger partial charge in [-0.05, 0) is 48.5 Å². The number of nitrogens with zero attached hydrogens (tertiary/aromatic N) is 3. The van der Waals surface area contributed by atoms with E-state index in [1.54, 1.807) is 18.3 Å². The number of aromatic nitrogens is 2. The second-order valence-corrected chi connectivity index (χ2v) is 7.70. The Kier molecular flexibility index (Phi) is 4.99. The van der Waals surface area contributed by atoms with Crippen molar-refractivity contribution in [3.05, 3.63) is 101 Å². The number of hydrogen-bond acceptors (Lipinski definition) is 4. The monoisotopic (exact) mass is 415 g/mol. The van der Waals surface area contributed by atoms with E-state index in [0.717, 1.165) is 39.3 Å². The Labute approximate surface area is 176 Å². The van der Waals surface area contributed by atoms with Crippen LogP contribution in [-0.4, -0.2) is 9.55 Å². The summed E-state index contributed by atoms with van der Waals surface area (Å²) in [5, 5.41) is 3.12. The SMILES string of the molecule is Fc1ccc(N=c2scc(-c3cc4ccccc4o3)n2CCc2ccccn2)cc1. The number of furan rings is 1. The van der Waals surface area contributed by atoms with Crippen LogP contribution in [0.5, 0.6) is 0 Å². The van der Waals surface area contributed by atoms with Crippen molar-refractivity contribution in [2.45, 2.75) is 13.0 Å². The van der Waals surface area contributed by atoms with Crippen LogP contribution in [0.3, 0.4) is 0 Å². The molecule has 0 saturated heterocycles. The fraction of sp³-hybridized carbons (Fsp3) is 0.0833. The maximum Gasteiger partial charge on any atom is 0.190 e. The molecule has 5 rings (SSSR count). The normalized spacial score (nSPS) is 12.0. The Bertz CT molecular complexity index is 1320. The number of fused-ring (bicyclic) bond motifs is 1. The van der Waals surface area contributed by atoms with E-state index in [1.807, 2.05) is 42.5 Å². The Balaban J connectivity index is 1.59. The molecule has 0 spiro atoms. The zero-order valence-corrected chi connectivity index (χ0v) is 16.8. The largest absolute Gasteiger partial charge is 0.454 e. The van der Waals surface area contributed by atoms with Gasteiger partial charge in [0, 0.05) is 35.6 Å². The highest BCUT2D eigenvalue weighted by Gasteiger charge is 2.13. The number of benzene rings is 2. The van der Waals surface area contributed by atoms with Gasteiger partial charge in [-0.15, -0.1) is 11.3 Å². The van der Waals surface area contributed by atoms with E-state index < -0.39 is 0 Å². The van der Waals surface area contributed by atoms with Gasteiger partial charge in [-0.2, -0.15) is 0 Å². The van der Waals surface area contributed by atoms with Crippen LogP contribution in [0.25, 0.3) is 22.4 Å². The topological polar surface area (TPSA) is 43.3 Å². The van der Waals surface area contributed by atoms with Gasteiger partial charge in [-0.3, -0.25) is 4.98 Å². The first-order valence-electron chi connectivity index (χ1n) is 9.64. The Morgan fingerprint density at radius 2 is 1.83 bits per heavy atom. The number of hydrogen-bond donors (Lipinski definition) is 0. The van der Waals surface area contributed by atoms with Crippen molar-refractivity contribution in [2.24, 2.45) is 4.99 Å². The highest BCUT2D eigenvalue weighted by molar-refractivity contribution is 7.07. The van der Waals surface area contributed by atoms with Gasteiger partial charge >= 0.3 is 0 Å². The first-order chi connectivity index (χ1) is 14.8. The lowest BCUT2D eigenvalue weighted by atomic mass is 10.2. The van der Waals surface area contributed by atoms with E-state index in [9.17, 15) is 4.39 Å². The predicted octanol–water partition coefficient (Wildman–Crippen LogP) is 5.97. The maximum absolute atomic E-state index is 13.3. The van der Waals surface area contributed by atoms with Crippen LogP contribution in [0.15, 0.2) is 93.8 Å². The molecule has 0 unspecified atom stereocenters. The predicted molar refractivity (Wildman–Crippen MR) is 117 cm³/mol. The lowest BCUT2D eigenvalue weighted by molar-refractivity contribution is 0.606. The Hall–Kier alpha value is -3.51. The number of aryl methyl sites for hydroxylation is 1. The van der Waals surface area contributed by atoms with Crippen LogP contribution in [0.4, 0.5) is 10.1 Å². The summed E-state index contributed by atoms with van der Waals surface area (Å²) < 4.78 is 21.5. The molecular formula is C24H18FN3OS. The molecule has 0 atom stereocenters. The molecule has 2 aromatic carbocycles. The average molecular weight is 415 g/mol. The number of rotatable bonds is 5. The molecule has 0 bridgehead atoms. The van der Waals surface area contributed by atoms with E-state index in [4.69, 9.17) is 9.41 Å². The van der Waals surface area contributed by atoms with Crippen molar-refractivity contribution in [3.8, 4) is 11.5 Å². The van der Waals surface area contributed by atoms with Gasteiger partial charge in [0.2, 0.25) is 0 Å². The summed E-state index contributed by atoms with van der Waals surface area (Å²) in [5.41, 5.74) is 3.54. The molecule has 0 saturated carbocycles. The number of halogens is 1. The molecule has 5 aromatic rings. The van der Waals surface area contributed by atoms with E-state index >= 15 is 0 Å². The van der Waals surface area contributed by atoms with Gasteiger partial charge in [0.15, 0.2) is 10.6 Å². The van der Waals surface area contributed by atoms with Gasteiger partial charge < -0.3 is 8.98 Å². The summed E-state index contributed by atoms with van der Waals surface area (Å²) in [4.78, 5) is 10.0. The third kappa shape index (κ3) is 3.82. The molecule has 30 heavy (non-hydrogen) atoms. The number of thiazole rings is 1. The van der Waals surface area contributed by atoms with E-state index in [0.29, 0.717) is 12.2 Å². The molecule has 0 amide bonds. The molecule has 148 valence electrons. The van der Waals surface area contributed by atoms with Crippen molar-refractivity contribution < 1.29 is 8.81 Å². The minimum Gasteiger partial charge on any atom is -0.454 e. The second-order valence-electron chi connectivity index (χ2n) is 6.86. The van der Waals surface area contributed by atoms with Crippen LogP contribution < -0.4 is 4.80 Å². The van der Waals surface area contributed by atoms with Gasteiger partial charge in [0.05, 0.1) is 11.4 Å². The Morgan fingerprint density at radius 3 is 2.63 bits per heavy atom. The highest BCUT2D eigenvalue weighted by atomic mass is 32.1. The van der Waals surface area contributed by atoms with Gasteiger partial charge in [-0.25, -0.2) is 9.38 Å². The molecule has 3 aromatic heterocycles. The van der Waals surface area contributed by atoms with Crippen LogP contribution >= 0.6 is 11.3 Å². The zero-order valence-electron chi connectivity index (χ0n) is 16.0. The van der Waals surface area contributed by atoms with Crippen molar-refractivity contribution in [3.63, 3.8) is 0 Å². The summed E-state index contributed by atoms with van der Waals surface area (Å²) in [6.45, 7) is 0.701. The molecule has 3 heterocycles. The number of pyridine rings is 1. The lowest BCUT2D eigenvalue weighted by Crippen LogP contribution is -2.17. The zero-order chi connectivity index (χ0) is 20.3. The molecule has 0 aliphatic carbocycles. The third-order valence-corrected chi connectivity index (χ3v) is 5.71. The molecule has 4 nitrogen and oxygen atoms in total. The van der Waals surface area contributed by atoms with Crippen LogP contribution in [0.1, 0.15) is 5.69 Å². The quantitative estimate of drug-likeness (QED) is 0.355. The summed E-state index contributed by atoms with van der Waals surface area (Å²) in [6, 6.07) is 22.1. The first kappa shape index (κ1) is 18.5. The molecule has 0 N–H and O–H groups in total. The van der Waals surface area contributed by atoms with Gasteiger partial charge in [0.1, 0.15) is 11.4 Å². The lowest BCUT2D eigenvalue weighted by Gasteiger charge is -2.07. The molecule has 6 heteroatoms. The summed E-state index contributed by atoms with van der Waals surface area (Å²) >= 11 is 1.54. The van der Waals surface area contributed by atoms with Gasteiger partial charge in [-0.1, -0.05) is 24.3 Å². The maximum atomic E-state index is 13.3. The van der Waals surface area contributed by atoms with Crippen molar-refractivity contribution in [2.75, 3.05) is 0 Å². The summed E-state index contributed by atoms with van der Waals surface area (Å²) in [6.07, 6.45) is 2.57. The Morgan fingerprint density at radius 1 is 1.00 bits per heavy atom. The third-order valence-electron chi connectivity index (χ3n) is 4.84. The van der Waals surface area contributed by atoms with Gasteiger partial charge in [0.25, 0.3) is 0 Å². The first-order valence-corrected chi connectivity index (χ1v) is 10.5.